The molecule has 0 N–H and O–H groups in total. The fourth-order valence-electron chi connectivity index (χ4n) is 4.30. The van der Waals surface area contributed by atoms with Crippen LogP contribution in [0.4, 0.5) is 0 Å². The van der Waals surface area contributed by atoms with Crippen LogP contribution >= 0.6 is 0 Å². The number of benzene rings is 2. The van der Waals surface area contributed by atoms with Crippen molar-refractivity contribution < 1.29 is 19.0 Å². The number of aryl methyl sites for hydroxylation is 2. The highest BCUT2D eigenvalue weighted by molar-refractivity contribution is 6.00. The zero-order valence-corrected chi connectivity index (χ0v) is 18.0. The van der Waals surface area contributed by atoms with Crippen LogP contribution in [-0.2, 0) is 6.42 Å². The van der Waals surface area contributed by atoms with Crippen molar-refractivity contribution in [2.45, 2.75) is 32.6 Å². The Morgan fingerprint density at radius 2 is 1.67 bits per heavy atom. The normalized spacial score (nSPS) is 15.6. The number of fused-ring (bicyclic) bond motifs is 1. The predicted octanol–water partition coefficient (Wildman–Crippen LogP) is 4.43. The summed E-state index contributed by atoms with van der Waals surface area (Å²) < 4.78 is 18.4. The van der Waals surface area contributed by atoms with Crippen molar-refractivity contribution in [1.82, 2.24) is 9.78 Å². The van der Waals surface area contributed by atoms with Crippen LogP contribution in [-0.4, -0.2) is 36.9 Å². The van der Waals surface area contributed by atoms with Crippen LogP contribution in [0.15, 0.2) is 36.4 Å². The molecule has 156 valence electrons. The number of carbonyl (C=O) groups is 1. The number of Topliss-reactive ketones (excluding diaryl/α,β-unsaturated/α-hetero) is 1. The van der Waals surface area contributed by atoms with E-state index in [1.165, 1.54) is 0 Å². The van der Waals surface area contributed by atoms with Gasteiger partial charge in [-0.1, -0.05) is 12.1 Å². The number of hydrogen-bond donors (Lipinski definition) is 0. The summed E-state index contributed by atoms with van der Waals surface area (Å²) in [4.78, 5) is 13.1. The molecule has 0 spiro atoms. The van der Waals surface area contributed by atoms with Gasteiger partial charge in [0, 0.05) is 6.42 Å². The minimum absolute atomic E-state index is 0.00151. The van der Waals surface area contributed by atoms with Gasteiger partial charge in [-0.3, -0.25) is 4.79 Å². The van der Waals surface area contributed by atoms with Gasteiger partial charge in [0.2, 0.25) is 5.75 Å². The lowest BCUT2D eigenvalue weighted by Gasteiger charge is -2.24. The molecule has 0 fully saturated rings. The Labute approximate surface area is 176 Å². The van der Waals surface area contributed by atoms with E-state index >= 15 is 0 Å². The van der Waals surface area contributed by atoms with Crippen molar-refractivity contribution in [2.24, 2.45) is 0 Å². The van der Waals surface area contributed by atoms with Crippen LogP contribution in [0.25, 0.3) is 5.69 Å². The molecule has 4 rings (SSSR count). The average molecular weight is 406 g/mol. The standard InChI is InChI=1S/C24H26N2O4/c1-14-7-6-8-18(9-14)26-19-10-16(11-20(27)23(19)15(2)25-26)17-12-21(28-3)24(30-5)22(13-17)29-4/h6-9,12-13,16H,10-11H2,1-5H3. The van der Waals surface area contributed by atoms with Crippen LogP contribution in [0.3, 0.4) is 0 Å². The van der Waals surface area contributed by atoms with Crippen molar-refractivity contribution in [2.75, 3.05) is 21.3 Å². The van der Waals surface area contributed by atoms with Crippen molar-refractivity contribution in [3.63, 3.8) is 0 Å². The van der Waals surface area contributed by atoms with Crippen LogP contribution in [0.1, 0.15) is 45.2 Å². The summed E-state index contributed by atoms with van der Waals surface area (Å²) >= 11 is 0. The first-order valence-electron chi connectivity index (χ1n) is 9.95. The smallest absolute Gasteiger partial charge is 0.203 e. The SMILES string of the molecule is COc1cc(C2CC(=O)c3c(C)nn(-c4cccc(C)c4)c3C2)cc(OC)c1OC. The zero-order valence-electron chi connectivity index (χ0n) is 18.0. The van der Waals surface area contributed by atoms with E-state index in [4.69, 9.17) is 19.3 Å². The molecule has 0 amide bonds. The molecule has 0 radical (unpaired) electrons. The van der Waals surface area contributed by atoms with Gasteiger partial charge in [0.15, 0.2) is 17.3 Å². The largest absolute Gasteiger partial charge is 0.493 e. The first-order valence-corrected chi connectivity index (χ1v) is 9.95. The summed E-state index contributed by atoms with van der Waals surface area (Å²) in [7, 11) is 4.78. The molecular weight excluding hydrogens is 380 g/mol. The minimum atomic E-state index is -0.00151. The summed E-state index contributed by atoms with van der Waals surface area (Å²) in [6.45, 7) is 3.96. The topological polar surface area (TPSA) is 62.6 Å². The molecule has 1 heterocycles. The lowest BCUT2D eigenvalue weighted by Crippen LogP contribution is -2.21. The quantitative estimate of drug-likeness (QED) is 0.627. The van der Waals surface area contributed by atoms with Crippen molar-refractivity contribution in [3.8, 4) is 22.9 Å². The fraction of sp³-hybridized carbons (Fsp3) is 0.333. The van der Waals surface area contributed by atoms with Crippen LogP contribution < -0.4 is 14.2 Å². The van der Waals surface area contributed by atoms with Crippen LogP contribution in [0.2, 0.25) is 0 Å². The summed E-state index contributed by atoms with van der Waals surface area (Å²) in [5, 5.41) is 4.70. The lowest BCUT2D eigenvalue weighted by molar-refractivity contribution is 0.0963. The molecule has 3 aromatic rings. The van der Waals surface area contributed by atoms with E-state index in [-0.39, 0.29) is 11.7 Å². The van der Waals surface area contributed by atoms with Gasteiger partial charge < -0.3 is 14.2 Å². The summed E-state index contributed by atoms with van der Waals surface area (Å²) in [5.74, 6) is 1.85. The predicted molar refractivity (Wildman–Crippen MR) is 115 cm³/mol. The Morgan fingerprint density at radius 3 is 2.27 bits per heavy atom. The second-order valence-corrected chi connectivity index (χ2v) is 7.64. The minimum Gasteiger partial charge on any atom is -0.493 e. The maximum atomic E-state index is 13.1. The van der Waals surface area contributed by atoms with Crippen molar-refractivity contribution in [1.29, 1.82) is 0 Å². The molecule has 6 heteroatoms. The van der Waals surface area contributed by atoms with E-state index in [1.54, 1.807) is 21.3 Å². The summed E-state index contributed by atoms with van der Waals surface area (Å²) in [6.07, 6.45) is 1.13. The molecular formula is C24H26N2O4. The number of ether oxygens (including phenoxy) is 3. The van der Waals surface area contributed by atoms with Gasteiger partial charge >= 0.3 is 0 Å². The van der Waals surface area contributed by atoms with Gasteiger partial charge in [-0.2, -0.15) is 5.10 Å². The van der Waals surface area contributed by atoms with Gasteiger partial charge in [-0.25, -0.2) is 4.68 Å². The van der Waals surface area contributed by atoms with E-state index < -0.39 is 0 Å². The maximum absolute atomic E-state index is 13.1. The molecule has 0 saturated heterocycles. The third-order valence-corrected chi connectivity index (χ3v) is 5.71. The van der Waals surface area contributed by atoms with Crippen molar-refractivity contribution >= 4 is 5.78 Å². The van der Waals surface area contributed by atoms with Gasteiger partial charge in [-0.15, -0.1) is 0 Å². The van der Waals surface area contributed by atoms with E-state index in [0.29, 0.717) is 30.1 Å². The highest BCUT2D eigenvalue weighted by Gasteiger charge is 2.33. The number of methoxy groups -OCH3 is 3. The summed E-state index contributed by atoms with van der Waals surface area (Å²) in [6, 6.07) is 12.0. The number of hydrogen-bond acceptors (Lipinski definition) is 5. The number of nitrogens with zero attached hydrogens (tertiary/aromatic N) is 2. The molecule has 1 aliphatic carbocycles. The molecule has 2 aromatic carbocycles. The number of carbonyl (C=O) groups excluding carboxylic acids is 1. The van der Waals surface area contributed by atoms with Crippen LogP contribution in [0, 0.1) is 13.8 Å². The second-order valence-electron chi connectivity index (χ2n) is 7.64. The fourth-order valence-corrected chi connectivity index (χ4v) is 4.30. The first-order chi connectivity index (χ1) is 14.5. The maximum Gasteiger partial charge on any atom is 0.203 e. The molecule has 1 unspecified atom stereocenters. The zero-order chi connectivity index (χ0) is 21.4. The Kier molecular flexibility index (Phi) is 5.24. The third kappa shape index (κ3) is 3.32. The van der Waals surface area contributed by atoms with Gasteiger partial charge in [0.25, 0.3) is 0 Å². The summed E-state index contributed by atoms with van der Waals surface area (Å²) in [5.41, 5.74) is 5.58. The second kappa shape index (κ2) is 7.86. The van der Waals surface area contributed by atoms with E-state index in [0.717, 1.165) is 33.8 Å². The monoisotopic (exact) mass is 406 g/mol. The van der Waals surface area contributed by atoms with E-state index in [2.05, 4.69) is 19.1 Å². The number of aromatic nitrogens is 2. The Balaban J connectivity index is 1.80. The van der Waals surface area contributed by atoms with Gasteiger partial charge in [0.1, 0.15) is 0 Å². The van der Waals surface area contributed by atoms with E-state index in [1.807, 2.05) is 35.9 Å². The lowest BCUT2D eigenvalue weighted by atomic mass is 9.81. The molecule has 0 saturated carbocycles. The average Bonchev–Trinajstić information content (AvgIpc) is 3.09. The molecule has 1 aromatic heterocycles. The molecule has 1 atom stereocenters. The molecule has 1 aliphatic rings. The third-order valence-electron chi connectivity index (χ3n) is 5.71. The Hall–Kier alpha value is -3.28. The number of rotatable bonds is 5. The highest BCUT2D eigenvalue weighted by atomic mass is 16.5. The van der Waals surface area contributed by atoms with Gasteiger partial charge in [-0.05, 0) is 61.6 Å². The molecule has 30 heavy (non-hydrogen) atoms. The van der Waals surface area contributed by atoms with E-state index in [9.17, 15) is 4.79 Å². The van der Waals surface area contributed by atoms with Crippen molar-refractivity contribution in [3.05, 3.63) is 64.5 Å². The highest BCUT2D eigenvalue weighted by Crippen LogP contribution is 2.43. The number of ketones is 1. The molecule has 0 aliphatic heterocycles. The Morgan fingerprint density at radius 1 is 0.967 bits per heavy atom. The Bertz CT molecular complexity index is 1090. The molecule has 0 bridgehead atoms. The molecule has 6 nitrogen and oxygen atoms in total. The van der Waals surface area contributed by atoms with Gasteiger partial charge in [0.05, 0.1) is 44.0 Å². The first kappa shape index (κ1) is 20.0. The van der Waals surface area contributed by atoms with Crippen LogP contribution in [0.5, 0.6) is 17.2 Å².